The van der Waals surface area contributed by atoms with Gasteiger partial charge in [-0.1, -0.05) is 6.07 Å². The Morgan fingerprint density at radius 2 is 2.12 bits per heavy atom. The third kappa shape index (κ3) is 3.18. The summed E-state index contributed by atoms with van der Waals surface area (Å²) in [5.41, 5.74) is 1.11. The van der Waals surface area contributed by atoms with Crippen LogP contribution in [0.3, 0.4) is 0 Å². The van der Waals surface area contributed by atoms with Crippen LogP contribution in [0.25, 0.3) is 0 Å². The molecule has 1 atom stereocenters. The molecule has 2 aromatic rings. The number of hydrogen-bond donors (Lipinski definition) is 0. The number of imidazole rings is 1. The number of nitrogens with zero attached hydrogens (tertiary/aromatic N) is 3. The van der Waals surface area contributed by atoms with E-state index in [1.165, 1.54) is 7.11 Å². The molecule has 7 heteroatoms. The lowest BCUT2D eigenvalue weighted by molar-refractivity contribution is 0.411. The zero-order valence-corrected chi connectivity index (χ0v) is 15.1. The maximum atomic E-state index is 12.8. The molecule has 0 N–H and O–H groups in total. The first-order valence-corrected chi connectivity index (χ1v) is 9.48. The first-order chi connectivity index (χ1) is 11.4. The Hall–Kier alpha value is -1.86. The molecule has 0 aliphatic carbocycles. The molecule has 6 nitrogen and oxygen atoms in total. The van der Waals surface area contributed by atoms with Gasteiger partial charge in [0.1, 0.15) is 11.6 Å². The summed E-state index contributed by atoms with van der Waals surface area (Å²) < 4.78 is 34.5. The summed E-state index contributed by atoms with van der Waals surface area (Å²) in [6.07, 6.45) is 2.72. The summed E-state index contributed by atoms with van der Waals surface area (Å²) in [4.78, 5) is 4.60. The molecule has 1 unspecified atom stereocenters. The van der Waals surface area contributed by atoms with Gasteiger partial charge in [-0.3, -0.25) is 0 Å². The van der Waals surface area contributed by atoms with Gasteiger partial charge in [0.25, 0.3) is 0 Å². The highest BCUT2D eigenvalue weighted by Crippen LogP contribution is 2.27. The lowest BCUT2D eigenvalue weighted by Gasteiger charge is -2.18. The molecule has 1 aliphatic rings. The minimum absolute atomic E-state index is 0.289. The summed E-state index contributed by atoms with van der Waals surface area (Å²) in [5.74, 6) is 1.83. The zero-order chi connectivity index (χ0) is 17.3. The normalized spacial score (nSPS) is 18.9. The highest BCUT2D eigenvalue weighted by molar-refractivity contribution is 7.89. The van der Waals surface area contributed by atoms with Crippen LogP contribution in [0.5, 0.6) is 5.75 Å². The number of benzene rings is 1. The number of sulfonamides is 1. The zero-order valence-electron chi connectivity index (χ0n) is 14.3. The van der Waals surface area contributed by atoms with Crippen molar-refractivity contribution in [1.82, 2.24) is 13.9 Å². The van der Waals surface area contributed by atoms with Gasteiger partial charge in [0, 0.05) is 37.6 Å². The van der Waals surface area contributed by atoms with E-state index in [0.717, 1.165) is 24.5 Å². The van der Waals surface area contributed by atoms with Crippen LogP contribution in [-0.4, -0.2) is 42.5 Å². The van der Waals surface area contributed by atoms with Crippen LogP contribution in [0.1, 0.15) is 17.9 Å². The molecule has 2 heterocycles. The van der Waals surface area contributed by atoms with Crippen molar-refractivity contribution in [3.63, 3.8) is 0 Å². The van der Waals surface area contributed by atoms with E-state index in [-0.39, 0.29) is 4.90 Å². The number of ether oxygens (including phenoxy) is 1. The van der Waals surface area contributed by atoms with Crippen LogP contribution in [0.2, 0.25) is 0 Å². The van der Waals surface area contributed by atoms with E-state index in [1.54, 1.807) is 28.6 Å². The average molecular weight is 349 g/mol. The van der Waals surface area contributed by atoms with Crippen molar-refractivity contribution in [3.05, 3.63) is 42.0 Å². The van der Waals surface area contributed by atoms with E-state index >= 15 is 0 Å². The molecule has 0 bridgehead atoms. The van der Waals surface area contributed by atoms with Crippen molar-refractivity contribution in [2.45, 2.75) is 31.7 Å². The van der Waals surface area contributed by atoms with Crippen molar-refractivity contribution in [2.24, 2.45) is 5.92 Å². The largest absolute Gasteiger partial charge is 0.497 e. The third-order valence-electron chi connectivity index (χ3n) is 4.62. The molecule has 24 heavy (non-hydrogen) atoms. The van der Waals surface area contributed by atoms with E-state index in [0.29, 0.717) is 24.8 Å². The molecular formula is C17H23N3O3S. The summed E-state index contributed by atoms with van der Waals surface area (Å²) >= 11 is 0. The van der Waals surface area contributed by atoms with Gasteiger partial charge in [-0.2, -0.15) is 4.31 Å². The van der Waals surface area contributed by atoms with Crippen molar-refractivity contribution in [3.8, 4) is 5.75 Å². The molecule has 130 valence electrons. The topological polar surface area (TPSA) is 64.4 Å². The smallest absolute Gasteiger partial charge is 0.243 e. The van der Waals surface area contributed by atoms with E-state index in [2.05, 4.69) is 9.55 Å². The van der Waals surface area contributed by atoms with Crippen LogP contribution in [0.4, 0.5) is 0 Å². The van der Waals surface area contributed by atoms with E-state index in [4.69, 9.17) is 4.74 Å². The fraction of sp³-hybridized carbons (Fsp3) is 0.471. The molecule has 0 saturated carbocycles. The quantitative estimate of drug-likeness (QED) is 0.830. The van der Waals surface area contributed by atoms with Gasteiger partial charge < -0.3 is 9.30 Å². The maximum absolute atomic E-state index is 12.8. The lowest BCUT2D eigenvalue weighted by Crippen LogP contribution is -2.29. The Labute approximate surface area is 143 Å². The third-order valence-corrected chi connectivity index (χ3v) is 6.48. The number of hydrogen-bond acceptors (Lipinski definition) is 4. The standard InChI is InChI=1S/C17H23N3O3S/c1-13-10-18-14(2)20(13)12-15-7-8-19(11-15)24(21,22)17-6-4-5-16(9-17)23-3/h4-6,9-10,15H,7-8,11-12H2,1-3H3. The van der Waals surface area contributed by atoms with Gasteiger partial charge >= 0.3 is 0 Å². The van der Waals surface area contributed by atoms with Crippen LogP contribution < -0.4 is 4.74 Å². The molecule has 0 radical (unpaired) electrons. The second-order valence-corrected chi connectivity index (χ2v) is 8.19. The lowest BCUT2D eigenvalue weighted by atomic mass is 10.1. The summed E-state index contributed by atoms with van der Waals surface area (Å²) in [5, 5.41) is 0. The number of aromatic nitrogens is 2. The van der Waals surface area contributed by atoms with Gasteiger partial charge in [0.05, 0.1) is 12.0 Å². The van der Waals surface area contributed by atoms with Gasteiger partial charge in [-0.15, -0.1) is 0 Å². The number of aryl methyl sites for hydroxylation is 2. The monoisotopic (exact) mass is 349 g/mol. The molecule has 1 aliphatic heterocycles. The van der Waals surface area contributed by atoms with Crippen LogP contribution in [-0.2, 0) is 16.6 Å². The van der Waals surface area contributed by atoms with E-state index < -0.39 is 10.0 Å². The first kappa shape index (κ1) is 17.0. The molecular weight excluding hydrogens is 326 g/mol. The van der Waals surface area contributed by atoms with Gasteiger partial charge in [-0.25, -0.2) is 13.4 Å². The van der Waals surface area contributed by atoms with Crippen molar-refractivity contribution in [1.29, 1.82) is 0 Å². The highest BCUT2D eigenvalue weighted by Gasteiger charge is 2.33. The van der Waals surface area contributed by atoms with Gasteiger partial charge in [0.15, 0.2) is 0 Å². The van der Waals surface area contributed by atoms with Crippen LogP contribution in [0, 0.1) is 19.8 Å². The predicted octanol–water partition coefficient (Wildman–Crippen LogP) is 2.22. The Morgan fingerprint density at radius 3 is 2.79 bits per heavy atom. The van der Waals surface area contributed by atoms with Crippen molar-refractivity contribution >= 4 is 10.0 Å². The van der Waals surface area contributed by atoms with E-state index in [9.17, 15) is 8.42 Å². The minimum Gasteiger partial charge on any atom is -0.497 e. The first-order valence-electron chi connectivity index (χ1n) is 8.04. The highest BCUT2D eigenvalue weighted by atomic mass is 32.2. The number of rotatable bonds is 5. The molecule has 0 amide bonds. The molecule has 0 spiro atoms. The van der Waals surface area contributed by atoms with Gasteiger partial charge in [-0.05, 0) is 38.3 Å². The van der Waals surface area contributed by atoms with Crippen molar-refractivity contribution < 1.29 is 13.2 Å². The summed E-state index contributed by atoms with van der Waals surface area (Å²) in [6.45, 7) is 5.90. The Bertz CT molecular complexity index is 810. The molecule has 1 aromatic heterocycles. The maximum Gasteiger partial charge on any atom is 0.243 e. The molecule has 1 saturated heterocycles. The Morgan fingerprint density at radius 1 is 1.33 bits per heavy atom. The minimum atomic E-state index is -3.47. The fourth-order valence-corrected chi connectivity index (χ4v) is 4.76. The van der Waals surface area contributed by atoms with E-state index in [1.807, 2.05) is 20.0 Å². The SMILES string of the molecule is COc1cccc(S(=O)(=O)N2CCC(Cn3c(C)cnc3C)C2)c1. The molecule has 1 aromatic carbocycles. The second-order valence-electron chi connectivity index (χ2n) is 6.25. The Balaban J connectivity index is 1.74. The second kappa shape index (κ2) is 6.57. The Kier molecular flexibility index (Phi) is 4.64. The predicted molar refractivity (Wildman–Crippen MR) is 91.6 cm³/mol. The van der Waals surface area contributed by atoms with Crippen molar-refractivity contribution in [2.75, 3.05) is 20.2 Å². The summed E-state index contributed by atoms with van der Waals surface area (Å²) in [6, 6.07) is 6.65. The molecule has 3 rings (SSSR count). The fourth-order valence-electron chi connectivity index (χ4n) is 3.19. The molecule has 1 fully saturated rings. The number of methoxy groups -OCH3 is 1. The van der Waals surface area contributed by atoms with Crippen LogP contribution in [0.15, 0.2) is 35.4 Å². The van der Waals surface area contributed by atoms with Crippen LogP contribution >= 0.6 is 0 Å². The summed E-state index contributed by atoms with van der Waals surface area (Å²) in [7, 11) is -1.94. The average Bonchev–Trinajstić information content (AvgIpc) is 3.18. The van der Waals surface area contributed by atoms with Gasteiger partial charge in [0.2, 0.25) is 10.0 Å².